The highest BCUT2D eigenvalue weighted by atomic mass is 79.9. The fraction of sp³-hybridized carbons (Fsp3) is 0.286. The van der Waals surface area contributed by atoms with Crippen LogP contribution in [-0.4, -0.2) is 37.3 Å². The van der Waals surface area contributed by atoms with Gasteiger partial charge in [0, 0.05) is 51.9 Å². The number of halogens is 1. The largest absolute Gasteiger partial charge is 0.478 e. The third kappa shape index (κ3) is 4.34. The van der Waals surface area contributed by atoms with Gasteiger partial charge in [0.1, 0.15) is 24.4 Å². The Labute approximate surface area is 208 Å². The number of anilines is 1. The quantitative estimate of drug-likeness (QED) is 0.228. The Morgan fingerprint density at radius 3 is 2.29 bits per heavy atom. The number of benzene rings is 3. The SMILES string of the molecule is CCN(CC)c1ccc2c(-c3ccc(Br)cc3C(=O)O)c3ccc(=[N+](CC)CC)cc-3oc2c1. The summed E-state index contributed by atoms with van der Waals surface area (Å²) in [6, 6.07) is 17.8. The lowest BCUT2D eigenvalue weighted by molar-refractivity contribution is 0.0697. The van der Waals surface area contributed by atoms with Gasteiger partial charge in [0.25, 0.3) is 0 Å². The molecule has 2 aromatic carbocycles. The van der Waals surface area contributed by atoms with Crippen LogP contribution in [0.5, 0.6) is 0 Å². The van der Waals surface area contributed by atoms with E-state index in [1.165, 1.54) is 0 Å². The Morgan fingerprint density at radius 2 is 1.65 bits per heavy atom. The average molecular weight is 522 g/mol. The summed E-state index contributed by atoms with van der Waals surface area (Å²) in [7, 11) is 0. The normalized spacial score (nSPS) is 11.2. The van der Waals surface area contributed by atoms with Crippen molar-refractivity contribution in [2.45, 2.75) is 27.7 Å². The van der Waals surface area contributed by atoms with Crippen molar-refractivity contribution in [2.24, 2.45) is 0 Å². The van der Waals surface area contributed by atoms with Crippen LogP contribution in [0.3, 0.4) is 0 Å². The average Bonchev–Trinajstić information content (AvgIpc) is 2.84. The first-order valence-corrected chi connectivity index (χ1v) is 12.6. The highest BCUT2D eigenvalue weighted by Gasteiger charge is 2.23. The van der Waals surface area contributed by atoms with Crippen LogP contribution >= 0.6 is 15.9 Å². The maximum absolute atomic E-state index is 12.2. The topological polar surface area (TPSA) is 56.7 Å². The molecule has 0 aromatic heterocycles. The maximum atomic E-state index is 12.2. The van der Waals surface area contributed by atoms with Gasteiger partial charge in [-0.2, -0.15) is 0 Å². The van der Waals surface area contributed by atoms with Crippen LogP contribution in [-0.2, 0) is 0 Å². The fourth-order valence-electron chi connectivity index (χ4n) is 4.64. The molecule has 1 N–H and O–H groups in total. The zero-order valence-corrected chi connectivity index (χ0v) is 21.6. The van der Waals surface area contributed by atoms with Crippen molar-refractivity contribution in [1.82, 2.24) is 4.58 Å². The second-order valence-electron chi connectivity index (χ2n) is 8.18. The highest BCUT2D eigenvalue weighted by molar-refractivity contribution is 9.10. The van der Waals surface area contributed by atoms with Crippen LogP contribution in [0.15, 0.2) is 63.5 Å². The van der Waals surface area contributed by atoms with Crippen LogP contribution in [0.1, 0.15) is 38.1 Å². The molecule has 1 aliphatic heterocycles. The molecule has 1 aliphatic carbocycles. The molecule has 0 fully saturated rings. The van der Waals surface area contributed by atoms with Crippen molar-refractivity contribution in [3.8, 4) is 22.5 Å². The van der Waals surface area contributed by atoms with E-state index in [1.54, 1.807) is 6.07 Å². The van der Waals surface area contributed by atoms with Crippen molar-refractivity contribution in [3.05, 3.63) is 70.0 Å². The van der Waals surface area contributed by atoms with Gasteiger partial charge in [0.05, 0.1) is 11.6 Å². The molecule has 2 aliphatic rings. The first-order chi connectivity index (χ1) is 16.4. The summed E-state index contributed by atoms with van der Waals surface area (Å²) >= 11 is 3.43. The summed E-state index contributed by atoms with van der Waals surface area (Å²) in [6.07, 6.45) is 0. The zero-order chi connectivity index (χ0) is 24.4. The van der Waals surface area contributed by atoms with Gasteiger partial charge in [-0.3, -0.25) is 0 Å². The van der Waals surface area contributed by atoms with Crippen LogP contribution < -0.4 is 14.8 Å². The number of carbonyl (C=O) groups is 1. The van der Waals surface area contributed by atoms with Crippen molar-refractivity contribution in [3.63, 3.8) is 0 Å². The molecule has 6 heteroatoms. The van der Waals surface area contributed by atoms with Gasteiger partial charge in [-0.1, -0.05) is 22.0 Å². The standard InChI is InChI=1S/C28H29BrN2O3/c1-5-30(6-2)19-10-13-22-25(16-19)34-26-17-20(31(7-3)8-4)11-14-23(26)27(22)21-12-9-18(29)15-24(21)28(32)33/h9-17H,5-8H2,1-4H3/p+1. The van der Waals surface area contributed by atoms with E-state index >= 15 is 0 Å². The summed E-state index contributed by atoms with van der Waals surface area (Å²) in [5.74, 6) is -0.222. The second kappa shape index (κ2) is 10.0. The number of hydrogen-bond donors (Lipinski definition) is 1. The molecule has 176 valence electrons. The van der Waals surface area contributed by atoms with Gasteiger partial charge in [0.15, 0.2) is 0 Å². The summed E-state index contributed by atoms with van der Waals surface area (Å²) in [4.78, 5) is 14.5. The first kappa shape index (κ1) is 24.0. The van der Waals surface area contributed by atoms with Crippen molar-refractivity contribution < 1.29 is 14.3 Å². The highest BCUT2D eigenvalue weighted by Crippen LogP contribution is 2.42. The lowest BCUT2D eigenvalue weighted by Gasteiger charge is -2.22. The van der Waals surface area contributed by atoms with Crippen LogP contribution in [0.2, 0.25) is 0 Å². The van der Waals surface area contributed by atoms with Gasteiger partial charge < -0.3 is 14.4 Å². The van der Waals surface area contributed by atoms with Gasteiger partial charge in [-0.15, -0.1) is 0 Å². The Morgan fingerprint density at radius 1 is 0.941 bits per heavy atom. The minimum absolute atomic E-state index is 0.254. The van der Waals surface area contributed by atoms with Gasteiger partial charge >= 0.3 is 5.97 Å². The van der Waals surface area contributed by atoms with E-state index in [9.17, 15) is 9.90 Å². The third-order valence-corrected chi connectivity index (χ3v) is 6.92. The smallest absolute Gasteiger partial charge is 0.336 e. The lowest BCUT2D eigenvalue weighted by atomic mass is 9.90. The number of nitrogens with zero attached hydrogens (tertiary/aromatic N) is 2. The van der Waals surface area contributed by atoms with Gasteiger partial charge in [-0.25, -0.2) is 9.37 Å². The summed E-state index contributed by atoms with van der Waals surface area (Å²) in [6.45, 7) is 12.1. The summed E-state index contributed by atoms with van der Waals surface area (Å²) in [5.41, 5.74) is 4.52. The van der Waals surface area contributed by atoms with E-state index < -0.39 is 5.97 Å². The molecule has 0 radical (unpaired) electrons. The lowest BCUT2D eigenvalue weighted by Crippen LogP contribution is -2.29. The van der Waals surface area contributed by atoms with E-state index in [2.05, 4.69) is 77.4 Å². The van der Waals surface area contributed by atoms with Crippen LogP contribution in [0.4, 0.5) is 5.69 Å². The minimum atomic E-state index is -0.960. The van der Waals surface area contributed by atoms with Gasteiger partial charge in [0.2, 0.25) is 5.36 Å². The van der Waals surface area contributed by atoms with E-state index in [-0.39, 0.29) is 5.56 Å². The number of hydrogen-bond acceptors (Lipinski definition) is 3. The predicted molar refractivity (Wildman–Crippen MR) is 143 cm³/mol. The van der Waals surface area contributed by atoms with Gasteiger partial charge in [-0.05, 0) is 63.6 Å². The molecule has 2 aromatic rings. The Balaban J connectivity index is 2.14. The van der Waals surface area contributed by atoms with Crippen molar-refractivity contribution >= 4 is 38.6 Å². The van der Waals surface area contributed by atoms with Crippen molar-refractivity contribution in [1.29, 1.82) is 0 Å². The molecule has 34 heavy (non-hydrogen) atoms. The molecule has 0 atom stereocenters. The number of rotatable bonds is 7. The van der Waals surface area contributed by atoms with E-state index in [1.807, 2.05) is 24.3 Å². The van der Waals surface area contributed by atoms with Crippen LogP contribution in [0.25, 0.3) is 33.4 Å². The summed E-state index contributed by atoms with van der Waals surface area (Å²) < 4.78 is 9.49. The molecular formula is C28H30BrN2O3+. The first-order valence-electron chi connectivity index (χ1n) is 11.8. The number of carboxylic acid groups (broad SMARTS) is 1. The molecule has 5 nitrogen and oxygen atoms in total. The predicted octanol–water partition coefficient (Wildman–Crippen LogP) is 6.32. The summed E-state index contributed by atoms with van der Waals surface area (Å²) in [5, 5.41) is 12.0. The molecule has 4 rings (SSSR count). The molecule has 0 saturated heterocycles. The third-order valence-electron chi connectivity index (χ3n) is 6.43. The Bertz CT molecular complexity index is 1400. The molecule has 1 heterocycles. The molecule has 0 amide bonds. The monoisotopic (exact) mass is 521 g/mol. The second-order valence-corrected chi connectivity index (χ2v) is 9.09. The van der Waals surface area contributed by atoms with Crippen LogP contribution in [0, 0.1) is 0 Å². The maximum Gasteiger partial charge on any atom is 0.336 e. The van der Waals surface area contributed by atoms with E-state index in [0.29, 0.717) is 5.56 Å². The molecular weight excluding hydrogens is 492 g/mol. The molecule has 0 bridgehead atoms. The Kier molecular flexibility index (Phi) is 7.08. The van der Waals surface area contributed by atoms with Crippen molar-refractivity contribution in [2.75, 3.05) is 31.1 Å². The number of fused-ring (bicyclic) bond motifs is 2. The fourth-order valence-corrected chi connectivity index (χ4v) is 5.00. The Hall–Kier alpha value is -3.12. The zero-order valence-electron chi connectivity index (χ0n) is 20.1. The van der Waals surface area contributed by atoms with E-state index in [0.717, 1.165) is 69.6 Å². The number of carboxylic acids is 1. The molecule has 0 saturated carbocycles. The van der Waals surface area contributed by atoms with E-state index in [4.69, 9.17) is 4.42 Å². The molecule has 0 unspecified atom stereocenters. The molecule has 0 spiro atoms. The minimum Gasteiger partial charge on any atom is -0.478 e. The number of aromatic carboxylic acids is 1.